The summed E-state index contributed by atoms with van der Waals surface area (Å²) in [5, 5.41) is 6.93. The molecule has 1 aliphatic rings. The number of guanidine groups is 1. The van der Waals surface area contributed by atoms with Gasteiger partial charge in [-0.25, -0.2) is 0 Å². The Kier molecular flexibility index (Phi) is 7.17. The molecule has 1 aliphatic heterocycles. The van der Waals surface area contributed by atoms with Crippen LogP contribution in [0.2, 0.25) is 0 Å². The van der Waals surface area contributed by atoms with E-state index >= 15 is 0 Å². The Morgan fingerprint density at radius 1 is 1.39 bits per heavy atom. The number of benzene rings is 1. The molecule has 0 amide bonds. The summed E-state index contributed by atoms with van der Waals surface area (Å²) in [6, 6.07) is 8.97. The molecule has 23 heavy (non-hydrogen) atoms. The molecule has 2 rings (SSSR count). The Balaban J connectivity index is 1.78. The van der Waals surface area contributed by atoms with Gasteiger partial charge in [-0.2, -0.15) is 0 Å². The van der Waals surface area contributed by atoms with E-state index in [0.717, 1.165) is 49.6 Å². The van der Waals surface area contributed by atoms with Crippen LogP contribution >= 0.6 is 15.9 Å². The molecule has 1 atom stereocenters. The lowest BCUT2D eigenvalue weighted by molar-refractivity contribution is 0.357. The lowest BCUT2D eigenvalue weighted by atomic mass is 10.3. The van der Waals surface area contributed by atoms with Crippen molar-refractivity contribution < 1.29 is 0 Å². The highest BCUT2D eigenvalue weighted by Gasteiger charge is 2.23. The Bertz CT molecular complexity index is 502. The maximum Gasteiger partial charge on any atom is 0.191 e. The van der Waals surface area contributed by atoms with Crippen LogP contribution in [0.25, 0.3) is 0 Å². The summed E-state index contributed by atoms with van der Waals surface area (Å²) in [4.78, 5) is 9.04. The van der Waals surface area contributed by atoms with E-state index in [1.165, 1.54) is 5.69 Å². The van der Waals surface area contributed by atoms with Crippen molar-refractivity contribution in [3.05, 3.63) is 28.7 Å². The molecule has 1 heterocycles. The van der Waals surface area contributed by atoms with Gasteiger partial charge in [-0.15, -0.1) is 0 Å². The molecule has 1 fully saturated rings. The van der Waals surface area contributed by atoms with Crippen molar-refractivity contribution in [3.8, 4) is 0 Å². The van der Waals surface area contributed by atoms with Crippen molar-refractivity contribution in [3.63, 3.8) is 0 Å². The van der Waals surface area contributed by atoms with Crippen LogP contribution in [-0.2, 0) is 0 Å². The number of anilines is 1. The van der Waals surface area contributed by atoms with Crippen molar-refractivity contribution >= 4 is 27.6 Å². The van der Waals surface area contributed by atoms with Gasteiger partial charge in [-0.05, 0) is 44.3 Å². The van der Waals surface area contributed by atoms with Crippen LogP contribution in [0.4, 0.5) is 5.69 Å². The maximum atomic E-state index is 4.33. The molecule has 0 bridgehead atoms. The Hall–Kier alpha value is -1.27. The molecule has 6 heteroatoms. The predicted molar refractivity (Wildman–Crippen MR) is 102 cm³/mol. The summed E-state index contributed by atoms with van der Waals surface area (Å²) in [6.07, 6.45) is 1.13. The number of hydrogen-bond donors (Lipinski definition) is 2. The number of halogens is 1. The van der Waals surface area contributed by atoms with E-state index in [0.29, 0.717) is 6.04 Å². The average Bonchev–Trinajstić information content (AvgIpc) is 3.02. The topological polar surface area (TPSA) is 42.9 Å². The summed E-state index contributed by atoms with van der Waals surface area (Å²) in [5.74, 6) is 0.900. The van der Waals surface area contributed by atoms with E-state index < -0.39 is 0 Å². The normalized spacial score (nSPS) is 18.6. The molecule has 2 N–H and O–H groups in total. The van der Waals surface area contributed by atoms with E-state index in [1.807, 2.05) is 7.05 Å². The van der Waals surface area contributed by atoms with Gasteiger partial charge in [0.15, 0.2) is 5.96 Å². The summed E-state index contributed by atoms with van der Waals surface area (Å²) in [6.45, 7) is 7.26. The summed E-state index contributed by atoms with van der Waals surface area (Å²) < 4.78 is 1.12. The van der Waals surface area contributed by atoms with Crippen molar-refractivity contribution in [2.45, 2.75) is 19.4 Å². The lowest BCUT2D eigenvalue weighted by Crippen LogP contribution is -2.46. The van der Waals surface area contributed by atoms with Gasteiger partial charge in [0.1, 0.15) is 0 Å². The molecule has 0 radical (unpaired) electrons. The second-order valence-electron chi connectivity index (χ2n) is 5.95. The smallest absolute Gasteiger partial charge is 0.191 e. The van der Waals surface area contributed by atoms with Crippen LogP contribution in [0.3, 0.4) is 0 Å². The largest absolute Gasteiger partial charge is 0.369 e. The van der Waals surface area contributed by atoms with Crippen LogP contribution in [0.1, 0.15) is 13.3 Å². The van der Waals surface area contributed by atoms with Gasteiger partial charge < -0.3 is 20.4 Å². The van der Waals surface area contributed by atoms with Crippen molar-refractivity contribution in [1.29, 1.82) is 0 Å². The third kappa shape index (κ3) is 5.70. The van der Waals surface area contributed by atoms with Gasteiger partial charge in [0, 0.05) is 49.4 Å². The van der Waals surface area contributed by atoms with E-state index in [9.17, 15) is 0 Å². The summed E-state index contributed by atoms with van der Waals surface area (Å²) in [5.41, 5.74) is 1.28. The van der Waals surface area contributed by atoms with Crippen molar-refractivity contribution in [2.75, 3.05) is 51.7 Å². The molecule has 1 saturated heterocycles. The number of hydrogen-bond acceptors (Lipinski definition) is 3. The van der Waals surface area contributed by atoms with Gasteiger partial charge in [0.25, 0.3) is 0 Å². The third-order valence-corrected chi connectivity index (χ3v) is 4.80. The van der Waals surface area contributed by atoms with Gasteiger partial charge >= 0.3 is 0 Å². The minimum absolute atomic E-state index is 0.439. The second kappa shape index (κ2) is 9.13. The average molecular weight is 382 g/mol. The zero-order chi connectivity index (χ0) is 16.7. The molecular formula is C17H28BrN5. The monoisotopic (exact) mass is 381 g/mol. The fraction of sp³-hybridized carbons (Fsp3) is 0.588. The van der Waals surface area contributed by atoms with Crippen LogP contribution in [-0.4, -0.2) is 63.7 Å². The first-order chi connectivity index (χ1) is 11.1. The molecule has 5 nitrogen and oxygen atoms in total. The van der Waals surface area contributed by atoms with Gasteiger partial charge in [-0.1, -0.05) is 22.9 Å². The Morgan fingerprint density at radius 3 is 2.78 bits per heavy atom. The zero-order valence-electron chi connectivity index (χ0n) is 14.3. The van der Waals surface area contributed by atoms with Crippen LogP contribution in [0, 0.1) is 0 Å². The molecule has 0 spiro atoms. The molecule has 0 aromatic heterocycles. The minimum Gasteiger partial charge on any atom is -0.369 e. The number of likely N-dealkylation sites (N-methyl/N-ethyl adjacent to an activating group) is 1. The molecule has 1 aromatic carbocycles. The van der Waals surface area contributed by atoms with Gasteiger partial charge in [-0.3, -0.25) is 4.99 Å². The zero-order valence-corrected chi connectivity index (χ0v) is 15.9. The van der Waals surface area contributed by atoms with Crippen molar-refractivity contribution in [1.82, 2.24) is 15.5 Å². The SMILES string of the molecule is CCN(C)CCNC(=NC)NC1CCN(c2ccc(Br)cc2)C1. The summed E-state index contributed by atoms with van der Waals surface area (Å²) >= 11 is 3.49. The second-order valence-corrected chi connectivity index (χ2v) is 6.86. The first-order valence-corrected chi connectivity index (χ1v) is 9.08. The quantitative estimate of drug-likeness (QED) is 0.585. The number of aliphatic imine (C=N–C) groups is 1. The van der Waals surface area contributed by atoms with Crippen LogP contribution in [0.5, 0.6) is 0 Å². The minimum atomic E-state index is 0.439. The Labute approximate surface area is 148 Å². The molecule has 128 valence electrons. The predicted octanol–water partition coefficient (Wildman–Crippen LogP) is 2.14. The van der Waals surface area contributed by atoms with Gasteiger partial charge in [0.2, 0.25) is 0 Å². The standard InChI is InChI=1S/C17H28BrN5/c1-4-22(3)12-10-20-17(19-2)21-15-9-11-23(13-15)16-7-5-14(18)6-8-16/h5-8,15H,4,9-13H2,1-3H3,(H2,19,20,21). The highest BCUT2D eigenvalue weighted by Crippen LogP contribution is 2.22. The number of rotatable bonds is 6. The third-order valence-electron chi connectivity index (χ3n) is 4.27. The van der Waals surface area contributed by atoms with Gasteiger partial charge in [0.05, 0.1) is 0 Å². The fourth-order valence-corrected chi connectivity index (χ4v) is 2.94. The number of nitrogens with one attached hydrogen (secondary N) is 2. The first kappa shape index (κ1) is 18.1. The van der Waals surface area contributed by atoms with E-state index in [1.54, 1.807) is 0 Å². The molecule has 0 saturated carbocycles. The first-order valence-electron chi connectivity index (χ1n) is 8.28. The lowest BCUT2D eigenvalue weighted by Gasteiger charge is -2.21. The van der Waals surface area contributed by atoms with Crippen molar-refractivity contribution in [2.24, 2.45) is 4.99 Å². The maximum absolute atomic E-state index is 4.33. The fourth-order valence-electron chi connectivity index (χ4n) is 2.68. The van der Waals surface area contributed by atoms with E-state index in [2.05, 4.69) is 79.6 Å². The highest BCUT2D eigenvalue weighted by atomic mass is 79.9. The Morgan fingerprint density at radius 2 is 2.13 bits per heavy atom. The van der Waals surface area contributed by atoms with Crippen LogP contribution < -0.4 is 15.5 Å². The summed E-state index contributed by atoms with van der Waals surface area (Å²) in [7, 11) is 3.96. The van der Waals surface area contributed by atoms with E-state index in [-0.39, 0.29) is 0 Å². The molecule has 1 aromatic rings. The highest BCUT2D eigenvalue weighted by molar-refractivity contribution is 9.10. The molecule has 1 unspecified atom stereocenters. The number of nitrogens with zero attached hydrogens (tertiary/aromatic N) is 3. The van der Waals surface area contributed by atoms with E-state index in [4.69, 9.17) is 0 Å². The molecular weight excluding hydrogens is 354 g/mol. The molecule has 0 aliphatic carbocycles. The van der Waals surface area contributed by atoms with Crippen LogP contribution in [0.15, 0.2) is 33.7 Å².